The number of aromatic amines is 1. The van der Waals surface area contributed by atoms with Crippen LogP contribution < -0.4 is 14.4 Å². The average Bonchev–Trinajstić information content (AvgIpc) is 3.26. The summed E-state index contributed by atoms with van der Waals surface area (Å²) in [4.78, 5) is 17.3. The van der Waals surface area contributed by atoms with Gasteiger partial charge in [-0.3, -0.25) is 4.79 Å². The predicted molar refractivity (Wildman–Crippen MR) is 95.2 cm³/mol. The second kappa shape index (κ2) is 6.26. The third-order valence-electron chi connectivity index (χ3n) is 4.91. The van der Waals surface area contributed by atoms with E-state index >= 15 is 0 Å². The number of nitrogens with one attached hydrogen (secondary N) is 2. The molecule has 2 heterocycles. The van der Waals surface area contributed by atoms with Crippen LogP contribution in [0.1, 0.15) is 22.8 Å². The molecule has 2 N–H and O–H groups in total. The van der Waals surface area contributed by atoms with E-state index in [2.05, 4.69) is 4.98 Å². The number of rotatable bonds is 5. The van der Waals surface area contributed by atoms with Crippen LogP contribution in [0, 0.1) is 0 Å². The Morgan fingerprint density at radius 2 is 2.00 bits per heavy atom. The number of benzene rings is 2. The van der Waals surface area contributed by atoms with Crippen molar-refractivity contribution in [3.05, 3.63) is 59.8 Å². The molecule has 128 valence electrons. The third-order valence-corrected chi connectivity index (χ3v) is 4.91. The van der Waals surface area contributed by atoms with Gasteiger partial charge in [-0.15, -0.1) is 0 Å². The summed E-state index contributed by atoms with van der Waals surface area (Å²) in [5.41, 5.74) is 2.87. The van der Waals surface area contributed by atoms with Crippen LogP contribution in [0.2, 0.25) is 0 Å². The Labute approximate surface area is 146 Å². The number of ether oxygens (including phenoxy) is 2. The average molecular weight is 337 g/mol. The third kappa shape index (κ3) is 2.87. The lowest BCUT2D eigenvalue weighted by atomic mass is 10.0. The number of H-pyrrole nitrogens is 1. The monoisotopic (exact) mass is 337 g/mol. The Balaban J connectivity index is 1.51. The van der Waals surface area contributed by atoms with Crippen molar-refractivity contribution in [2.24, 2.45) is 0 Å². The van der Waals surface area contributed by atoms with Crippen LogP contribution in [-0.2, 0) is 6.54 Å². The summed E-state index contributed by atoms with van der Waals surface area (Å²) in [5.74, 6) is 1.71. The van der Waals surface area contributed by atoms with Crippen LogP contribution in [0.3, 0.4) is 0 Å². The van der Waals surface area contributed by atoms with Crippen molar-refractivity contribution in [2.75, 3.05) is 13.8 Å². The van der Waals surface area contributed by atoms with Gasteiger partial charge in [-0.05, 0) is 31.2 Å². The molecule has 0 amide bonds. The number of carbonyl (C=O) groups is 1. The van der Waals surface area contributed by atoms with Crippen molar-refractivity contribution in [1.29, 1.82) is 0 Å². The van der Waals surface area contributed by atoms with Crippen LogP contribution in [0.15, 0.2) is 48.7 Å². The molecular formula is C20H21N2O3+. The summed E-state index contributed by atoms with van der Waals surface area (Å²) >= 11 is 0. The maximum atomic E-state index is 13.0. The summed E-state index contributed by atoms with van der Waals surface area (Å²) in [5, 5.41) is 0.982. The maximum absolute atomic E-state index is 13.0. The largest absolute Gasteiger partial charge is 0.454 e. The first-order valence-electron chi connectivity index (χ1n) is 8.44. The molecule has 1 aromatic heterocycles. The van der Waals surface area contributed by atoms with Gasteiger partial charge in [-0.1, -0.05) is 18.2 Å². The van der Waals surface area contributed by atoms with Gasteiger partial charge in [0.25, 0.3) is 0 Å². The van der Waals surface area contributed by atoms with Gasteiger partial charge >= 0.3 is 0 Å². The summed E-state index contributed by atoms with van der Waals surface area (Å²) in [6, 6.07) is 13.7. The van der Waals surface area contributed by atoms with E-state index in [-0.39, 0.29) is 18.6 Å². The zero-order valence-electron chi connectivity index (χ0n) is 14.3. The molecule has 0 bridgehead atoms. The normalized spacial score (nSPS) is 15.3. The van der Waals surface area contributed by atoms with Gasteiger partial charge in [0.1, 0.15) is 12.6 Å². The van der Waals surface area contributed by atoms with E-state index < -0.39 is 0 Å². The molecule has 0 radical (unpaired) electrons. The molecule has 5 heteroatoms. The minimum atomic E-state index is -0.148. The van der Waals surface area contributed by atoms with E-state index in [4.69, 9.17) is 9.47 Å². The van der Waals surface area contributed by atoms with Gasteiger partial charge in [-0.2, -0.15) is 0 Å². The van der Waals surface area contributed by atoms with Gasteiger partial charge in [0.15, 0.2) is 11.5 Å². The molecular weight excluding hydrogens is 316 g/mol. The fourth-order valence-electron chi connectivity index (χ4n) is 3.26. The standard InChI is InChI=1S/C20H20N2O3/c1-13(20(23)16-10-21-17-6-4-3-5-15(16)17)22(2)11-14-7-8-18-19(9-14)25-12-24-18/h3-10,13,21H,11-12H2,1-2H3/p+1/t13-/m0/s1. The lowest BCUT2D eigenvalue weighted by molar-refractivity contribution is -0.907. The minimum Gasteiger partial charge on any atom is -0.454 e. The quantitative estimate of drug-likeness (QED) is 0.702. The zero-order chi connectivity index (χ0) is 17.4. The van der Waals surface area contributed by atoms with E-state index in [1.807, 2.05) is 62.6 Å². The smallest absolute Gasteiger partial charge is 0.231 e. The summed E-state index contributed by atoms with van der Waals surface area (Å²) in [6.45, 7) is 3.00. The lowest BCUT2D eigenvalue weighted by Gasteiger charge is -2.20. The number of aromatic nitrogens is 1. The van der Waals surface area contributed by atoms with Crippen LogP contribution in [0.5, 0.6) is 11.5 Å². The van der Waals surface area contributed by atoms with E-state index in [1.54, 1.807) is 0 Å². The SMILES string of the molecule is C[C@@H](C(=O)c1c[nH]c2ccccc12)[NH+](C)Cc1ccc2c(c1)OCO2. The topological polar surface area (TPSA) is 55.8 Å². The fourth-order valence-corrected chi connectivity index (χ4v) is 3.26. The highest BCUT2D eigenvalue weighted by molar-refractivity contribution is 6.09. The molecule has 0 saturated heterocycles. The first-order valence-corrected chi connectivity index (χ1v) is 8.44. The summed E-state index contributed by atoms with van der Waals surface area (Å²) in [6.07, 6.45) is 1.82. The number of hydrogen-bond acceptors (Lipinski definition) is 3. The van der Waals surface area contributed by atoms with Crippen molar-refractivity contribution < 1.29 is 19.2 Å². The maximum Gasteiger partial charge on any atom is 0.231 e. The number of para-hydroxylation sites is 1. The molecule has 1 aliphatic heterocycles. The molecule has 2 aromatic carbocycles. The van der Waals surface area contributed by atoms with Gasteiger partial charge in [0, 0.05) is 28.2 Å². The van der Waals surface area contributed by atoms with Gasteiger partial charge in [0.05, 0.1) is 7.05 Å². The number of likely N-dealkylation sites (N-methyl/N-ethyl adjacent to an activating group) is 1. The molecule has 0 fully saturated rings. The Kier molecular flexibility index (Phi) is 3.93. The van der Waals surface area contributed by atoms with Crippen molar-refractivity contribution in [2.45, 2.75) is 19.5 Å². The number of Topliss-reactive ketones (excluding diaryl/α,β-unsaturated/α-hetero) is 1. The molecule has 5 nitrogen and oxygen atoms in total. The Morgan fingerprint density at radius 1 is 1.20 bits per heavy atom. The van der Waals surface area contributed by atoms with E-state index in [1.165, 1.54) is 0 Å². The van der Waals surface area contributed by atoms with E-state index in [0.29, 0.717) is 0 Å². The Hall–Kier alpha value is -2.79. The molecule has 0 aliphatic carbocycles. The number of fused-ring (bicyclic) bond motifs is 2. The molecule has 2 atom stereocenters. The fraction of sp³-hybridized carbons (Fsp3) is 0.250. The molecule has 4 rings (SSSR count). The number of hydrogen-bond donors (Lipinski definition) is 2. The zero-order valence-corrected chi connectivity index (χ0v) is 14.3. The molecule has 1 aliphatic rings. The van der Waals surface area contributed by atoms with Crippen LogP contribution >= 0.6 is 0 Å². The lowest BCUT2D eigenvalue weighted by Crippen LogP contribution is -3.12. The van der Waals surface area contributed by atoms with Crippen LogP contribution in [-0.4, -0.2) is 30.6 Å². The molecule has 1 unspecified atom stereocenters. The van der Waals surface area contributed by atoms with Gasteiger partial charge < -0.3 is 19.4 Å². The van der Waals surface area contributed by atoms with Crippen molar-refractivity contribution in [3.8, 4) is 11.5 Å². The van der Waals surface area contributed by atoms with E-state index in [0.717, 1.165) is 45.0 Å². The van der Waals surface area contributed by atoms with Crippen molar-refractivity contribution >= 4 is 16.7 Å². The highest BCUT2D eigenvalue weighted by atomic mass is 16.7. The predicted octanol–water partition coefficient (Wildman–Crippen LogP) is 2.18. The number of ketones is 1. The first kappa shape index (κ1) is 15.7. The van der Waals surface area contributed by atoms with Crippen LogP contribution in [0.4, 0.5) is 0 Å². The second-order valence-corrected chi connectivity index (χ2v) is 6.54. The molecule has 0 spiro atoms. The van der Waals surface area contributed by atoms with Crippen molar-refractivity contribution in [1.82, 2.24) is 4.98 Å². The summed E-state index contributed by atoms with van der Waals surface area (Å²) < 4.78 is 10.8. The van der Waals surface area contributed by atoms with Gasteiger partial charge in [0.2, 0.25) is 12.6 Å². The molecule has 3 aromatic rings. The Morgan fingerprint density at radius 3 is 2.88 bits per heavy atom. The second-order valence-electron chi connectivity index (χ2n) is 6.54. The number of carbonyl (C=O) groups excluding carboxylic acids is 1. The van der Waals surface area contributed by atoms with Gasteiger partial charge in [-0.25, -0.2) is 0 Å². The Bertz CT molecular complexity index is 932. The summed E-state index contributed by atoms with van der Waals surface area (Å²) in [7, 11) is 2.04. The first-order chi connectivity index (χ1) is 12.1. The minimum absolute atomic E-state index is 0.148. The molecule has 25 heavy (non-hydrogen) atoms. The van der Waals surface area contributed by atoms with Crippen molar-refractivity contribution in [3.63, 3.8) is 0 Å². The molecule has 0 saturated carbocycles. The highest BCUT2D eigenvalue weighted by Gasteiger charge is 2.26. The highest BCUT2D eigenvalue weighted by Crippen LogP contribution is 2.32. The van der Waals surface area contributed by atoms with Crippen LogP contribution in [0.25, 0.3) is 10.9 Å². The van der Waals surface area contributed by atoms with E-state index in [9.17, 15) is 4.79 Å². The number of quaternary nitrogens is 1.